The van der Waals surface area contributed by atoms with E-state index < -0.39 is 0 Å². The number of methoxy groups -OCH3 is 1. The predicted molar refractivity (Wildman–Crippen MR) is 100.0 cm³/mol. The van der Waals surface area contributed by atoms with E-state index in [-0.39, 0.29) is 30.7 Å². The van der Waals surface area contributed by atoms with Gasteiger partial charge in [-0.2, -0.15) is 0 Å². The van der Waals surface area contributed by atoms with E-state index in [9.17, 15) is 4.79 Å². The molecule has 0 bridgehead atoms. The van der Waals surface area contributed by atoms with Gasteiger partial charge >= 0.3 is 0 Å². The minimum atomic E-state index is 0. The molecule has 1 amide bonds. The third kappa shape index (κ3) is 12.9. The predicted octanol–water partition coefficient (Wildman–Crippen LogP) is 0.456. The average Bonchev–Trinajstić information content (AvgIpc) is 2.48. The maximum atomic E-state index is 11.7. The van der Waals surface area contributed by atoms with E-state index in [1.807, 2.05) is 0 Å². The van der Waals surface area contributed by atoms with E-state index in [4.69, 9.17) is 4.74 Å². The van der Waals surface area contributed by atoms with Crippen molar-refractivity contribution in [1.29, 1.82) is 0 Å². The molecule has 0 aliphatic carbocycles. The Morgan fingerprint density at radius 2 is 1.91 bits per heavy atom. The number of halogens is 2. The SMILES string of the molecule is COCCNCC(=O)NCC1CCN(CCN(C)C)CC1.Cl.Cl. The van der Waals surface area contributed by atoms with Crippen LogP contribution in [0.25, 0.3) is 0 Å². The number of ether oxygens (including phenoxy) is 1. The number of amides is 1. The van der Waals surface area contributed by atoms with Gasteiger partial charge in [-0.15, -0.1) is 24.8 Å². The average molecular weight is 373 g/mol. The van der Waals surface area contributed by atoms with Crippen LogP contribution in [0.4, 0.5) is 0 Å². The lowest BCUT2D eigenvalue weighted by molar-refractivity contribution is -0.120. The third-order valence-electron chi connectivity index (χ3n) is 3.93. The number of likely N-dealkylation sites (N-methyl/N-ethyl adjacent to an activating group) is 1. The summed E-state index contributed by atoms with van der Waals surface area (Å²) in [4.78, 5) is 16.4. The maximum absolute atomic E-state index is 11.7. The number of carbonyl (C=O) groups is 1. The van der Waals surface area contributed by atoms with Crippen molar-refractivity contribution in [2.75, 3.05) is 73.6 Å². The fourth-order valence-electron chi connectivity index (χ4n) is 2.45. The summed E-state index contributed by atoms with van der Waals surface area (Å²) in [7, 11) is 5.89. The Hall–Kier alpha value is -0.110. The molecule has 1 heterocycles. The lowest BCUT2D eigenvalue weighted by Crippen LogP contribution is -2.42. The normalized spacial score (nSPS) is 15.8. The fourth-order valence-corrected chi connectivity index (χ4v) is 2.45. The molecule has 1 aliphatic rings. The van der Waals surface area contributed by atoms with Crippen molar-refractivity contribution in [2.45, 2.75) is 12.8 Å². The van der Waals surface area contributed by atoms with Gasteiger partial charge in [-0.3, -0.25) is 4.79 Å². The summed E-state index contributed by atoms with van der Waals surface area (Å²) < 4.78 is 4.92. The number of piperidine rings is 1. The second-order valence-electron chi connectivity index (χ2n) is 6.06. The van der Waals surface area contributed by atoms with Crippen molar-refractivity contribution in [3.8, 4) is 0 Å². The van der Waals surface area contributed by atoms with E-state index in [0.29, 0.717) is 25.6 Å². The zero-order valence-electron chi connectivity index (χ0n) is 14.7. The molecular weight excluding hydrogens is 339 g/mol. The largest absolute Gasteiger partial charge is 0.383 e. The Bertz CT molecular complexity index is 289. The van der Waals surface area contributed by atoms with E-state index in [0.717, 1.165) is 32.7 Å². The topological polar surface area (TPSA) is 56.8 Å². The highest BCUT2D eigenvalue weighted by Gasteiger charge is 2.19. The van der Waals surface area contributed by atoms with Crippen LogP contribution in [0.2, 0.25) is 0 Å². The molecule has 8 heteroatoms. The van der Waals surface area contributed by atoms with Crippen molar-refractivity contribution in [3.63, 3.8) is 0 Å². The van der Waals surface area contributed by atoms with Crippen molar-refractivity contribution < 1.29 is 9.53 Å². The molecule has 1 aliphatic heterocycles. The molecule has 140 valence electrons. The van der Waals surface area contributed by atoms with Gasteiger partial charge in [-0.1, -0.05) is 0 Å². The first-order valence-corrected chi connectivity index (χ1v) is 7.95. The molecule has 0 aromatic rings. The summed E-state index contributed by atoms with van der Waals surface area (Å²) in [5.41, 5.74) is 0. The van der Waals surface area contributed by atoms with Gasteiger partial charge in [0.05, 0.1) is 13.2 Å². The summed E-state index contributed by atoms with van der Waals surface area (Å²) >= 11 is 0. The van der Waals surface area contributed by atoms with Crippen molar-refractivity contribution in [3.05, 3.63) is 0 Å². The Balaban J connectivity index is 0. The molecule has 6 nitrogen and oxygen atoms in total. The fraction of sp³-hybridized carbons (Fsp3) is 0.933. The molecular formula is C15H34Cl2N4O2. The molecule has 1 rings (SSSR count). The van der Waals surface area contributed by atoms with Crippen LogP contribution in [-0.4, -0.2) is 89.3 Å². The van der Waals surface area contributed by atoms with Gasteiger partial charge in [0.2, 0.25) is 5.91 Å². The smallest absolute Gasteiger partial charge is 0.233 e. The van der Waals surface area contributed by atoms with Gasteiger partial charge in [0.15, 0.2) is 0 Å². The van der Waals surface area contributed by atoms with Crippen molar-refractivity contribution in [2.24, 2.45) is 5.92 Å². The molecule has 0 saturated carbocycles. The monoisotopic (exact) mass is 372 g/mol. The molecule has 0 radical (unpaired) electrons. The number of likely N-dealkylation sites (tertiary alicyclic amines) is 1. The number of rotatable bonds is 10. The second kappa shape index (κ2) is 15.4. The van der Waals surface area contributed by atoms with Gasteiger partial charge in [0, 0.05) is 33.3 Å². The first kappa shape index (κ1) is 25.1. The van der Waals surface area contributed by atoms with E-state index in [1.165, 1.54) is 12.8 Å². The number of hydrogen-bond donors (Lipinski definition) is 2. The number of hydrogen-bond acceptors (Lipinski definition) is 5. The number of nitrogens with zero attached hydrogens (tertiary/aromatic N) is 2. The van der Waals surface area contributed by atoms with Crippen LogP contribution in [0.3, 0.4) is 0 Å². The van der Waals surface area contributed by atoms with E-state index in [2.05, 4.69) is 34.5 Å². The molecule has 0 unspecified atom stereocenters. The van der Waals surface area contributed by atoms with E-state index in [1.54, 1.807) is 7.11 Å². The molecule has 0 aromatic carbocycles. The summed E-state index contributed by atoms with van der Waals surface area (Å²) in [5, 5.41) is 6.08. The summed E-state index contributed by atoms with van der Waals surface area (Å²) in [6.45, 7) is 7.12. The molecule has 1 fully saturated rings. The van der Waals surface area contributed by atoms with Crippen LogP contribution in [0.15, 0.2) is 0 Å². The van der Waals surface area contributed by atoms with Crippen molar-refractivity contribution in [1.82, 2.24) is 20.4 Å². The highest BCUT2D eigenvalue weighted by Crippen LogP contribution is 2.15. The lowest BCUT2D eigenvalue weighted by Gasteiger charge is -2.32. The standard InChI is InChI=1S/C15H32N4O2.2ClH/c1-18(2)9-10-19-7-4-14(5-8-19)12-17-15(20)13-16-6-11-21-3;;/h14,16H,4-13H2,1-3H3,(H,17,20);2*1H. The van der Waals surface area contributed by atoms with Crippen LogP contribution >= 0.6 is 24.8 Å². The first-order chi connectivity index (χ1) is 10.1. The number of carbonyl (C=O) groups excluding carboxylic acids is 1. The van der Waals surface area contributed by atoms with Crippen LogP contribution in [0.5, 0.6) is 0 Å². The molecule has 0 spiro atoms. The maximum Gasteiger partial charge on any atom is 0.233 e. The van der Waals surface area contributed by atoms with Crippen molar-refractivity contribution >= 4 is 30.7 Å². The quantitative estimate of drug-likeness (QED) is 0.545. The Labute approximate surface area is 153 Å². The van der Waals surface area contributed by atoms with Gasteiger partial charge in [-0.25, -0.2) is 0 Å². The van der Waals surface area contributed by atoms with Gasteiger partial charge in [0.1, 0.15) is 0 Å². The Morgan fingerprint density at radius 1 is 1.26 bits per heavy atom. The Kier molecular flexibility index (Phi) is 16.9. The zero-order valence-corrected chi connectivity index (χ0v) is 16.3. The minimum Gasteiger partial charge on any atom is -0.383 e. The lowest BCUT2D eigenvalue weighted by atomic mass is 9.97. The molecule has 0 aromatic heterocycles. The molecule has 23 heavy (non-hydrogen) atoms. The Morgan fingerprint density at radius 3 is 2.48 bits per heavy atom. The highest BCUT2D eigenvalue weighted by atomic mass is 35.5. The zero-order chi connectivity index (χ0) is 15.5. The van der Waals surface area contributed by atoms with Crippen LogP contribution in [0, 0.1) is 5.92 Å². The number of nitrogens with one attached hydrogen (secondary N) is 2. The summed E-state index contributed by atoms with van der Waals surface area (Å²) in [6, 6.07) is 0. The molecule has 1 saturated heterocycles. The summed E-state index contributed by atoms with van der Waals surface area (Å²) in [6.07, 6.45) is 2.37. The third-order valence-corrected chi connectivity index (χ3v) is 3.93. The highest BCUT2D eigenvalue weighted by molar-refractivity contribution is 5.85. The molecule has 2 N–H and O–H groups in total. The minimum absolute atomic E-state index is 0. The summed E-state index contributed by atoms with van der Waals surface area (Å²) in [5.74, 6) is 0.713. The van der Waals surface area contributed by atoms with E-state index >= 15 is 0 Å². The van der Waals surface area contributed by atoms with Gasteiger partial charge in [0.25, 0.3) is 0 Å². The first-order valence-electron chi connectivity index (χ1n) is 7.95. The van der Waals surface area contributed by atoms with Crippen LogP contribution in [-0.2, 0) is 9.53 Å². The van der Waals surface area contributed by atoms with Crippen LogP contribution < -0.4 is 10.6 Å². The second-order valence-corrected chi connectivity index (χ2v) is 6.06. The molecule has 0 atom stereocenters. The van der Waals surface area contributed by atoms with Crippen LogP contribution in [0.1, 0.15) is 12.8 Å². The van der Waals surface area contributed by atoms with Gasteiger partial charge < -0.3 is 25.2 Å². The van der Waals surface area contributed by atoms with Gasteiger partial charge in [-0.05, 0) is 45.9 Å².